The van der Waals surface area contributed by atoms with Gasteiger partial charge in [-0.05, 0) is 17.7 Å². The Bertz CT molecular complexity index is 649. The monoisotopic (exact) mass is 288 g/mol. The van der Waals surface area contributed by atoms with Gasteiger partial charge in [-0.3, -0.25) is 4.79 Å². The van der Waals surface area contributed by atoms with Crippen molar-refractivity contribution in [3.05, 3.63) is 53.5 Å². The maximum absolute atomic E-state index is 11.3. The Kier molecular flexibility index (Phi) is 4.61. The molecule has 1 amide bonds. The van der Waals surface area contributed by atoms with Gasteiger partial charge < -0.3 is 20.2 Å². The first-order chi connectivity index (χ1) is 10.1. The van der Waals surface area contributed by atoms with Gasteiger partial charge in [0.1, 0.15) is 12.0 Å². The van der Waals surface area contributed by atoms with E-state index < -0.39 is 11.9 Å². The number of furan rings is 1. The Morgan fingerprint density at radius 1 is 1.33 bits per heavy atom. The Hall–Kier alpha value is -2.76. The number of methoxy groups -OCH3 is 1. The number of ether oxygens (including phenoxy) is 1. The molecule has 0 aliphatic carbocycles. The molecule has 0 bridgehead atoms. The normalized spacial score (nSPS) is 10.1. The van der Waals surface area contributed by atoms with E-state index >= 15 is 0 Å². The second-order valence-corrected chi connectivity index (χ2v) is 4.45. The summed E-state index contributed by atoms with van der Waals surface area (Å²) in [6.07, 6.45) is 1.51. The smallest absolute Gasteiger partial charge is 0.341 e. The number of benzene rings is 1. The number of primary amides is 1. The standard InChI is InChI=1S/C15H16N2O4/c1-20-15(19)11-6-12(21-9-11)8-17-13-5-3-2-4-10(13)7-14(16)18/h2-6,9,17H,7-8H2,1H3,(H2,16,18). The van der Waals surface area contributed by atoms with E-state index in [0.717, 1.165) is 11.3 Å². The van der Waals surface area contributed by atoms with E-state index in [-0.39, 0.29) is 6.42 Å². The summed E-state index contributed by atoms with van der Waals surface area (Å²) in [5.74, 6) is -0.251. The van der Waals surface area contributed by atoms with Crippen molar-refractivity contribution < 1.29 is 18.7 Å². The Labute approximate surface area is 121 Å². The van der Waals surface area contributed by atoms with Crippen molar-refractivity contribution in [2.75, 3.05) is 12.4 Å². The number of anilines is 1. The van der Waals surface area contributed by atoms with Crippen molar-refractivity contribution in [2.45, 2.75) is 13.0 Å². The van der Waals surface area contributed by atoms with Crippen molar-refractivity contribution in [2.24, 2.45) is 5.73 Å². The van der Waals surface area contributed by atoms with Gasteiger partial charge in [-0.1, -0.05) is 18.2 Å². The maximum Gasteiger partial charge on any atom is 0.341 e. The van der Waals surface area contributed by atoms with Crippen LogP contribution in [-0.4, -0.2) is 19.0 Å². The van der Waals surface area contributed by atoms with E-state index in [4.69, 9.17) is 10.2 Å². The summed E-state index contributed by atoms with van der Waals surface area (Å²) in [6, 6.07) is 8.98. The first kappa shape index (κ1) is 14.6. The van der Waals surface area contributed by atoms with Crippen molar-refractivity contribution in [3.63, 3.8) is 0 Å². The molecular weight excluding hydrogens is 272 g/mol. The zero-order chi connectivity index (χ0) is 15.2. The minimum absolute atomic E-state index is 0.161. The van der Waals surface area contributed by atoms with E-state index in [1.807, 2.05) is 24.3 Å². The van der Waals surface area contributed by atoms with Crippen LogP contribution in [-0.2, 0) is 22.5 Å². The fourth-order valence-corrected chi connectivity index (χ4v) is 1.92. The minimum Gasteiger partial charge on any atom is -0.467 e. The Balaban J connectivity index is 2.04. The van der Waals surface area contributed by atoms with Crippen LogP contribution in [0.5, 0.6) is 0 Å². The lowest BCUT2D eigenvalue weighted by atomic mass is 10.1. The van der Waals surface area contributed by atoms with Crippen LogP contribution in [0.1, 0.15) is 21.7 Å². The van der Waals surface area contributed by atoms with E-state index in [1.165, 1.54) is 13.4 Å². The molecule has 21 heavy (non-hydrogen) atoms. The lowest BCUT2D eigenvalue weighted by Gasteiger charge is -2.09. The molecule has 3 N–H and O–H groups in total. The quantitative estimate of drug-likeness (QED) is 0.789. The third kappa shape index (κ3) is 3.85. The van der Waals surface area contributed by atoms with Crippen LogP contribution >= 0.6 is 0 Å². The van der Waals surface area contributed by atoms with E-state index in [9.17, 15) is 9.59 Å². The third-order valence-corrected chi connectivity index (χ3v) is 2.91. The number of nitrogens with two attached hydrogens (primary N) is 1. The highest BCUT2D eigenvalue weighted by Crippen LogP contribution is 2.17. The molecule has 0 spiro atoms. The second kappa shape index (κ2) is 6.60. The Morgan fingerprint density at radius 3 is 2.81 bits per heavy atom. The average molecular weight is 288 g/mol. The molecule has 1 aromatic carbocycles. The van der Waals surface area contributed by atoms with Crippen LogP contribution < -0.4 is 11.1 Å². The van der Waals surface area contributed by atoms with Crippen LogP contribution in [0.4, 0.5) is 5.69 Å². The number of nitrogens with one attached hydrogen (secondary N) is 1. The largest absolute Gasteiger partial charge is 0.467 e. The van der Waals surface area contributed by atoms with Crippen LogP contribution in [0, 0.1) is 0 Å². The summed E-state index contributed by atoms with van der Waals surface area (Å²) >= 11 is 0. The van der Waals surface area contributed by atoms with Crippen LogP contribution in [0.2, 0.25) is 0 Å². The first-order valence-corrected chi connectivity index (χ1v) is 6.36. The molecule has 0 radical (unpaired) electrons. The van der Waals surface area contributed by atoms with Gasteiger partial charge in [-0.25, -0.2) is 4.79 Å². The highest BCUT2D eigenvalue weighted by atomic mass is 16.5. The van der Waals surface area contributed by atoms with Crippen molar-refractivity contribution in [3.8, 4) is 0 Å². The molecule has 110 valence electrons. The number of hydrogen-bond donors (Lipinski definition) is 2. The zero-order valence-corrected chi connectivity index (χ0v) is 11.6. The number of para-hydroxylation sites is 1. The number of hydrogen-bond acceptors (Lipinski definition) is 5. The molecule has 0 atom stereocenters. The highest BCUT2D eigenvalue weighted by molar-refractivity contribution is 5.89. The summed E-state index contributed by atoms with van der Waals surface area (Å²) in [4.78, 5) is 22.4. The van der Waals surface area contributed by atoms with Gasteiger partial charge in [0.15, 0.2) is 0 Å². The number of carbonyl (C=O) groups is 2. The second-order valence-electron chi connectivity index (χ2n) is 4.45. The molecule has 1 aromatic heterocycles. The molecule has 0 aliphatic rings. The molecule has 2 rings (SSSR count). The molecule has 6 nitrogen and oxygen atoms in total. The first-order valence-electron chi connectivity index (χ1n) is 6.36. The summed E-state index contributed by atoms with van der Waals surface area (Å²) < 4.78 is 9.88. The number of amides is 1. The zero-order valence-electron chi connectivity index (χ0n) is 11.6. The topological polar surface area (TPSA) is 94.6 Å². The van der Waals surface area contributed by atoms with Gasteiger partial charge in [-0.2, -0.15) is 0 Å². The van der Waals surface area contributed by atoms with Gasteiger partial charge in [-0.15, -0.1) is 0 Å². The van der Waals surface area contributed by atoms with E-state index in [2.05, 4.69) is 10.1 Å². The summed E-state index contributed by atoms with van der Waals surface area (Å²) in [6.45, 7) is 0.382. The fourth-order valence-electron chi connectivity index (χ4n) is 1.92. The Morgan fingerprint density at radius 2 is 2.10 bits per heavy atom. The minimum atomic E-state index is -0.445. The maximum atomic E-state index is 11.3. The van der Waals surface area contributed by atoms with Gasteiger partial charge in [0.25, 0.3) is 0 Å². The SMILES string of the molecule is COC(=O)c1coc(CNc2ccccc2CC(N)=O)c1. The predicted molar refractivity (Wildman–Crippen MR) is 76.7 cm³/mol. The summed E-state index contributed by atoms with van der Waals surface area (Å²) in [5.41, 5.74) is 7.19. The van der Waals surface area contributed by atoms with Crippen LogP contribution in [0.3, 0.4) is 0 Å². The number of rotatable bonds is 6. The lowest BCUT2D eigenvalue weighted by Crippen LogP contribution is -2.15. The van der Waals surface area contributed by atoms with Gasteiger partial charge in [0, 0.05) is 5.69 Å². The number of carbonyl (C=O) groups excluding carboxylic acids is 2. The molecular formula is C15H16N2O4. The van der Waals surface area contributed by atoms with Crippen molar-refractivity contribution in [1.82, 2.24) is 0 Å². The molecule has 6 heteroatoms. The molecule has 0 unspecified atom stereocenters. The molecule has 1 heterocycles. The number of esters is 1. The van der Waals surface area contributed by atoms with E-state index in [1.54, 1.807) is 6.07 Å². The van der Waals surface area contributed by atoms with Gasteiger partial charge in [0.05, 0.1) is 25.6 Å². The summed E-state index contributed by atoms with van der Waals surface area (Å²) in [7, 11) is 1.31. The molecule has 0 saturated heterocycles. The fraction of sp³-hybridized carbons (Fsp3) is 0.200. The summed E-state index contributed by atoms with van der Waals surface area (Å²) in [5, 5.41) is 3.15. The average Bonchev–Trinajstić information content (AvgIpc) is 2.94. The highest BCUT2D eigenvalue weighted by Gasteiger charge is 2.10. The van der Waals surface area contributed by atoms with Gasteiger partial charge >= 0.3 is 5.97 Å². The van der Waals surface area contributed by atoms with Gasteiger partial charge in [0.2, 0.25) is 5.91 Å². The van der Waals surface area contributed by atoms with Crippen molar-refractivity contribution >= 4 is 17.6 Å². The van der Waals surface area contributed by atoms with Crippen molar-refractivity contribution in [1.29, 1.82) is 0 Å². The molecule has 2 aromatic rings. The predicted octanol–water partition coefficient (Wildman–Crippen LogP) is 1.71. The molecule has 0 aliphatic heterocycles. The molecule has 0 saturated carbocycles. The van der Waals surface area contributed by atoms with Crippen LogP contribution in [0.25, 0.3) is 0 Å². The lowest BCUT2D eigenvalue weighted by molar-refractivity contribution is -0.117. The van der Waals surface area contributed by atoms with E-state index in [0.29, 0.717) is 17.9 Å². The third-order valence-electron chi connectivity index (χ3n) is 2.91. The van der Waals surface area contributed by atoms with Crippen LogP contribution in [0.15, 0.2) is 41.0 Å². The molecule has 0 fully saturated rings.